The Hall–Kier alpha value is -2.35. The highest BCUT2D eigenvalue weighted by atomic mass is 16.8. The van der Waals surface area contributed by atoms with Gasteiger partial charge in [-0.1, -0.05) is 110 Å². The van der Waals surface area contributed by atoms with Gasteiger partial charge in [-0.05, 0) is 23.8 Å². The second-order valence-electron chi connectivity index (χ2n) is 8.52. The molecular weight excluding hydrogens is 399 g/mol. The van der Waals surface area contributed by atoms with E-state index in [1.54, 1.807) is 0 Å². The lowest BCUT2D eigenvalue weighted by Gasteiger charge is -2.51. The van der Waals surface area contributed by atoms with Crippen molar-refractivity contribution in [3.05, 3.63) is 91.0 Å². The first-order valence-corrected chi connectivity index (χ1v) is 11.6. The van der Waals surface area contributed by atoms with Gasteiger partial charge in [-0.3, -0.25) is 0 Å². The quantitative estimate of drug-likeness (QED) is 0.486. The van der Waals surface area contributed by atoms with Crippen molar-refractivity contribution < 1.29 is 18.5 Å². The molecule has 8 heteroatoms. The molecule has 0 spiro atoms. The van der Waals surface area contributed by atoms with Gasteiger partial charge in [-0.2, -0.15) is 0 Å². The van der Waals surface area contributed by atoms with Crippen molar-refractivity contribution in [2.75, 3.05) is 0 Å². The van der Waals surface area contributed by atoms with Crippen LogP contribution in [0.25, 0.3) is 0 Å². The Labute approximate surface area is 190 Å². The van der Waals surface area contributed by atoms with Crippen LogP contribution in [0.4, 0.5) is 0 Å². The number of hydrogen-bond donors (Lipinski definition) is 1. The molecule has 0 unspecified atom stereocenters. The normalized spacial score (nSPS) is 19.1. The molecule has 2 fully saturated rings. The lowest BCUT2D eigenvalue weighted by Crippen LogP contribution is -2.72. The maximum Gasteiger partial charge on any atom is 0.437 e. The lowest BCUT2D eigenvalue weighted by molar-refractivity contribution is 0.0525. The second-order valence-corrected chi connectivity index (χ2v) is 8.52. The average Bonchev–Trinajstić information content (AvgIpc) is 2.89. The molecule has 0 aromatic heterocycles. The standard InChI is InChI=1S/C24H27B3NO4/c1-5-13-21(14-6-1)25-29-26(22-15-7-2-8-16-22)31-27(30-25,23-17-9-3-10-18-23)32-28-24-19-11-4-12-20-24/h1-3,5-10,13-18,24,28H,4,11-12,19-20H2/q-1. The van der Waals surface area contributed by atoms with Crippen molar-refractivity contribution in [2.24, 2.45) is 0 Å². The average molecular weight is 426 g/mol. The smallest absolute Gasteiger partial charge is 0.437 e. The van der Waals surface area contributed by atoms with E-state index in [9.17, 15) is 0 Å². The van der Waals surface area contributed by atoms with Gasteiger partial charge in [0, 0.05) is 6.04 Å². The van der Waals surface area contributed by atoms with Crippen LogP contribution in [0.3, 0.4) is 0 Å². The number of rotatable bonds is 6. The van der Waals surface area contributed by atoms with E-state index < -0.39 is 21.0 Å². The fourth-order valence-corrected chi connectivity index (χ4v) is 4.44. The largest absolute Gasteiger partial charge is 0.581 e. The molecule has 1 saturated carbocycles. The molecule has 0 radical (unpaired) electrons. The van der Waals surface area contributed by atoms with Gasteiger partial charge in [-0.15, -0.1) is 5.46 Å². The molecule has 0 amide bonds. The first-order chi connectivity index (χ1) is 15.8. The van der Waals surface area contributed by atoms with Crippen LogP contribution in [0.2, 0.25) is 0 Å². The van der Waals surface area contributed by atoms with Crippen LogP contribution in [0.15, 0.2) is 91.0 Å². The molecule has 162 valence electrons. The Morgan fingerprint density at radius 1 is 0.688 bits per heavy atom. The third kappa shape index (κ3) is 4.85. The number of hydroxylamine groups is 1. The second kappa shape index (κ2) is 10.1. The summed E-state index contributed by atoms with van der Waals surface area (Å²) in [6.45, 7) is -2.32. The number of nitrogens with one attached hydrogen (secondary N) is 1. The van der Waals surface area contributed by atoms with E-state index in [2.05, 4.69) is 5.48 Å². The minimum absolute atomic E-state index is 0.284. The predicted molar refractivity (Wildman–Crippen MR) is 130 cm³/mol. The molecule has 1 N–H and O–H groups in total. The molecule has 2 aliphatic rings. The van der Waals surface area contributed by atoms with E-state index in [-0.39, 0.29) is 6.04 Å². The molecule has 1 aliphatic carbocycles. The minimum Gasteiger partial charge on any atom is -0.581 e. The van der Waals surface area contributed by atoms with Crippen LogP contribution in [0.1, 0.15) is 32.1 Å². The number of hydrogen-bond acceptors (Lipinski definition) is 5. The zero-order chi connectivity index (χ0) is 21.6. The summed E-state index contributed by atoms with van der Waals surface area (Å²) in [5.41, 5.74) is 5.96. The first kappa shape index (κ1) is 21.5. The van der Waals surface area contributed by atoms with Crippen molar-refractivity contribution in [1.29, 1.82) is 0 Å². The van der Waals surface area contributed by atoms with E-state index in [0.29, 0.717) is 0 Å². The van der Waals surface area contributed by atoms with Crippen molar-refractivity contribution >= 4 is 37.4 Å². The fraction of sp³-hybridized carbons (Fsp3) is 0.250. The Balaban J connectivity index is 1.51. The molecule has 0 bridgehead atoms. The van der Waals surface area contributed by atoms with Crippen LogP contribution < -0.4 is 21.9 Å². The van der Waals surface area contributed by atoms with Crippen LogP contribution in [-0.4, -0.2) is 27.0 Å². The molecule has 0 atom stereocenters. The first-order valence-electron chi connectivity index (χ1n) is 11.6. The van der Waals surface area contributed by atoms with Gasteiger partial charge in [0.2, 0.25) is 0 Å². The molecule has 5 nitrogen and oxygen atoms in total. The summed E-state index contributed by atoms with van der Waals surface area (Å²) in [6.07, 6.45) is 5.86. The third-order valence-corrected chi connectivity index (χ3v) is 6.20. The van der Waals surface area contributed by atoms with E-state index in [1.165, 1.54) is 19.3 Å². The van der Waals surface area contributed by atoms with Crippen molar-refractivity contribution in [3.8, 4) is 0 Å². The molecule has 1 aliphatic heterocycles. The molecule has 3 aromatic rings. The molecule has 1 heterocycles. The van der Waals surface area contributed by atoms with Gasteiger partial charge in [0.15, 0.2) is 0 Å². The van der Waals surface area contributed by atoms with E-state index in [0.717, 1.165) is 29.2 Å². The molecule has 3 aromatic carbocycles. The van der Waals surface area contributed by atoms with E-state index >= 15 is 0 Å². The maximum atomic E-state index is 6.52. The van der Waals surface area contributed by atoms with Gasteiger partial charge in [0.05, 0.1) is 0 Å². The highest BCUT2D eigenvalue weighted by Crippen LogP contribution is 2.22. The Morgan fingerprint density at radius 2 is 1.19 bits per heavy atom. The minimum atomic E-state index is -2.32. The van der Waals surface area contributed by atoms with Gasteiger partial charge >= 0.3 is 21.0 Å². The SMILES string of the molecule is c1ccc(B2OB(c3ccccc3)O[B-](ONC3CCCCC3)(c3ccccc3)O2)cc1. The van der Waals surface area contributed by atoms with Gasteiger partial charge < -0.3 is 18.5 Å². The Kier molecular flexibility index (Phi) is 6.76. The highest BCUT2D eigenvalue weighted by Gasteiger charge is 2.47. The summed E-state index contributed by atoms with van der Waals surface area (Å²) in [5, 5.41) is 0. The van der Waals surface area contributed by atoms with Crippen LogP contribution >= 0.6 is 0 Å². The predicted octanol–water partition coefficient (Wildman–Crippen LogP) is 2.54. The Bertz CT molecular complexity index is 927. The lowest BCUT2D eigenvalue weighted by atomic mass is 9.57. The number of benzene rings is 3. The highest BCUT2D eigenvalue weighted by molar-refractivity contribution is 6.92. The van der Waals surface area contributed by atoms with Gasteiger partial charge in [-0.25, -0.2) is 5.48 Å². The van der Waals surface area contributed by atoms with Crippen molar-refractivity contribution in [1.82, 2.24) is 5.48 Å². The van der Waals surface area contributed by atoms with Crippen LogP contribution in [0.5, 0.6) is 0 Å². The summed E-state index contributed by atoms with van der Waals surface area (Å²) in [6, 6.07) is 30.0. The zero-order valence-electron chi connectivity index (χ0n) is 18.1. The summed E-state index contributed by atoms with van der Waals surface area (Å²) in [7, 11) is -1.27. The summed E-state index contributed by atoms with van der Waals surface area (Å²) >= 11 is 0. The Morgan fingerprint density at radius 3 is 1.72 bits per heavy atom. The van der Waals surface area contributed by atoms with E-state index in [4.69, 9.17) is 18.5 Å². The zero-order valence-corrected chi connectivity index (χ0v) is 18.1. The molecule has 1 saturated heterocycles. The van der Waals surface area contributed by atoms with Crippen LogP contribution in [0, 0.1) is 0 Å². The third-order valence-electron chi connectivity index (χ3n) is 6.20. The monoisotopic (exact) mass is 426 g/mol. The van der Waals surface area contributed by atoms with Gasteiger partial charge in [0.25, 0.3) is 0 Å². The van der Waals surface area contributed by atoms with Crippen molar-refractivity contribution in [2.45, 2.75) is 38.1 Å². The summed E-state index contributed by atoms with van der Waals surface area (Å²) in [5.74, 6) is 0. The topological polar surface area (TPSA) is 49.0 Å². The van der Waals surface area contributed by atoms with Crippen molar-refractivity contribution in [3.63, 3.8) is 0 Å². The van der Waals surface area contributed by atoms with E-state index in [1.807, 2.05) is 91.0 Å². The summed E-state index contributed by atoms with van der Waals surface area (Å²) in [4.78, 5) is 0. The molecular formula is C24H27B3NO4-. The molecule has 5 rings (SSSR count). The van der Waals surface area contributed by atoms with Crippen LogP contribution in [-0.2, 0) is 18.5 Å². The maximum absolute atomic E-state index is 6.52. The summed E-state index contributed by atoms with van der Waals surface area (Å²) < 4.78 is 25.7. The molecule has 32 heavy (non-hydrogen) atoms. The van der Waals surface area contributed by atoms with Gasteiger partial charge in [0.1, 0.15) is 0 Å². The fourth-order valence-electron chi connectivity index (χ4n) is 4.44.